The van der Waals surface area contributed by atoms with Gasteiger partial charge >= 0.3 is 0 Å². The molecule has 0 radical (unpaired) electrons. The van der Waals surface area contributed by atoms with Gasteiger partial charge in [-0.05, 0) is 32.4 Å². The summed E-state index contributed by atoms with van der Waals surface area (Å²) in [6.45, 7) is 6.26. The molecule has 0 aliphatic carbocycles. The molecular formula is C14H23N5. The second-order valence-corrected chi connectivity index (χ2v) is 5.73. The molecule has 1 aromatic heterocycles. The topological polar surface area (TPSA) is 58.3 Å². The van der Waals surface area contributed by atoms with E-state index in [1.54, 1.807) is 6.20 Å². The van der Waals surface area contributed by atoms with Gasteiger partial charge < -0.3 is 10.6 Å². The predicted molar refractivity (Wildman–Crippen MR) is 75.9 cm³/mol. The Bertz CT molecular complexity index is 436. The molecule has 5 nitrogen and oxygen atoms in total. The number of piperidine rings is 1. The maximum absolute atomic E-state index is 5.83. The Labute approximate surface area is 114 Å². The van der Waals surface area contributed by atoms with E-state index in [-0.39, 0.29) is 0 Å². The maximum atomic E-state index is 5.83. The Morgan fingerprint density at radius 1 is 1.37 bits per heavy atom. The highest BCUT2D eigenvalue weighted by Gasteiger charge is 2.34. The van der Waals surface area contributed by atoms with Gasteiger partial charge in [0.15, 0.2) is 5.82 Å². The zero-order valence-electron chi connectivity index (χ0n) is 11.6. The molecule has 0 aromatic carbocycles. The normalized spacial score (nSPS) is 28.2. The molecule has 3 rings (SSSR count). The number of anilines is 1. The third-order valence-electron chi connectivity index (χ3n) is 4.46. The van der Waals surface area contributed by atoms with Gasteiger partial charge in [-0.2, -0.15) is 5.10 Å². The third kappa shape index (κ3) is 2.44. The molecule has 0 spiro atoms. The fraction of sp³-hybridized carbons (Fsp3) is 0.714. The number of aromatic nitrogens is 2. The molecule has 2 N–H and O–H groups in total. The SMILES string of the molecule is CC1CN2CCCCC2CN1c1nnccc1CN. The molecular weight excluding hydrogens is 238 g/mol. The lowest BCUT2D eigenvalue weighted by Crippen LogP contribution is -2.59. The first-order valence-electron chi connectivity index (χ1n) is 7.31. The molecule has 2 unspecified atom stereocenters. The number of rotatable bonds is 2. The number of fused-ring (bicyclic) bond motifs is 1. The molecule has 2 saturated heterocycles. The lowest BCUT2D eigenvalue weighted by molar-refractivity contribution is 0.115. The largest absolute Gasteiger partial charge is 0.349 e. The Balaban J connectivity index is 1.83. The molecule has 2 fully saturated rings. The summed E-state index contributed by atoms with van der Waals surface area (Å²) in [6, 6.07) is 3.15. The van der Waals surface area contributed by atoms with Crippen molar-refractivity contribution in [2.24, 2.45) is 5.73 Å². The van der Waals surface area contributed by atoms with E-state index in [2.05, 4.69) is 26.9 Å². The second kappa shape index (κ2) is 5.43. The van der Waals surface area contributed by atoms with Gasteiger partial charge in [-0.25, -0.2) is 0 Å². The molecule has 0 saturated carbocycles. The van der Waals surface area contributed by atoms with Crippen molar-refractivity contribution in [3.05, 3.63) is 17.8 Å². The van der Waals surface area contributed by atoms with Gasteiger partial charge in [0.05, 0.1) is 6.20 Å². The van der Waals surface area contributed by atoms with Crippen molar-refractivity contribution in [3.8, 4) is 0 Å². The van der Waals surface area contributed by atoms with Gasteiger partial charge in [0, 0.05) is 37.3 Å². The maximum Gasteiger partial charge on any atom is 0.156 e. The molecule has 2 aliphatic rings. The fourth-order valence-electron chi connectivity index (χ4n) is 3.40. The summed E-state index contributed by atoms with van der Waals surface area (Å²) >= 11 is 0. The molecule has 3 heterocycles. The van der Waals surface area contributed by atoms with Crippen molar-refractivity contribution >= 4 is 5.82 Å². The number of hydrogen-bond donors (Lipinski definition) is 1. The molecule has 2 atom stereocenters. The summed E-state index contributed by atoms with van der Waals surface area (Å²) in [5.41, 5.74) is 6.93. The van der Waals surface area contributed by atoms with Gasteiger partial charge in [-0.3, -0.25) is 4.90 Å². The van der Waals surface area contributed by atoms with Crippen LogP contribution < -0.4 is 10.6 Å². The van der Waals surface area contributed by atoms with E-state index in [0.717, 1.165) is 24.5 Å². The van der Waals surface area contributed by atoms with Crippen LogP contribution in [-0.2, 0) is 6.54 Å². The summed E-state index contributed by atoms with van der Waals surface area (Å²) in [7, 11) is 0. The highest BCUT2D eigenvalue weighted by Crippen LogP contribution is 2.28. The van der Waals surface area contributed by atoms with Crippen LogP contribution in [0.4, 0.5) is 5.82 Å². The van der Waals surface area contributed by atoms with Crippen molar-refractivity contribution < 1.29 is 0 Å². The minimum Gasteiger partial charge on any atom is -0.349 e. The van der Waals surface area contributed by atoms with Gasteiger partial charge in [0.2, 0.25) is 0 Å². The smallest absolute Gasteiger partial charge is 0.156 e. The quantitative estimate of drug-likeness (QED) is 0.860. The van der Waals surface area contributed by atoms with Crippen LogP contribution in [0.3, 0.4) is 0 Å². The van der Waals surface area contributed by atoms with Crippen LogP contribution in [0.5, 0.6) is 0 Å². The average Bonchev–Trinajstić information content (AvgIpc) is 2.46. The summed E-state index contributed by atoms with van der Waals surface area (Å²) in [5.74, 6) is 0.989. The Kier molecular flexibility index (Phi) is 3.66. The summed E-state index contributed by atoms with van der Waals surface area (Å²) in [5, 5.41) is 8.38. The molecule has 0 amide bonds. The van der Waals surface area contributed by atoms with Crippen molar-refractivity contribution in [3.63, 3.8) is 0 Å². The van der Waals surface area contributed by atoms with Crippen LogP contribution in [0.1, 0.15) is 31.7 Å². The average molecular weight is 261 g/mol. The van der Waals surface area contributed by atoms with Gasteiger partial charge in [0.1, 0.15) is 0 Å². The second-order valence-electron chi connectivity index (χ2n) is 5.73. The van der Waals surface area contributed by atoms with Crippen LogP contribution >= 0.6 is 0 Å². The summed E-state index contributed by atoms with van der Waals surface area (Å²) in [6.07, 6.45) is 5.74. The van der Waals surface area contributed by atoms with E-state index < -0.39 is 0 Å². The standard InChI is InChI=1S/C14H23N5/c1-11-9-18-7-3-2-4-13(18)10-19(11)14-12(8-15)5-6-16-17-14/h5-6,11,13H,2-4,7-10,15H2,1H3. The van der Waals surface area contributed by atoms with Crippen LogP contribution in [-0.4, -0.2) is 46.8 Å². The minimum atomic E-state index is 0.483. The van der Waals surface area contributed by atoms with Gasteiger partial charge in [-0.1, -0.05) is 6.42 Å². The Hall–Kier alpha value is -1.20. The number of nitrogens with zero attached hydrogens (tertiary/aromatic N) is 4. The predicted octanol–water partition coefficient (Wildman–Crippen LogP) is 0.998. The van der Waals surface area contributed by atoms with Crippen LogP contribution in [0, 0.1) is 0 Å². The zero-order valence-corrected chi connectivity index (χ0v) is 11.6. The first-order chi connectivity index (χ1) is 9.29. The lowest BCUT2D eigenvalue weighted by Gasteiger charge is -2.48. The van der Waals surface area contributed by atoms with Crippen LogP contribution in [0.2, 0.25) is 0 Å². The lowest BCUT2D eigenvalue weighted by atomic mass is 9.97. The molecule has 5 heteroatoms. The van der Waals surface area contributed by atoms with E-state index >= 15 is 0 Å². The van der Waals surface area contributed by atoms with E-state index in [0.29, 0.717) is 18.6 Å². The zero-order chi connectivity index (χ0) is 13.2. The molecule has 2 aliphatic heterocycles. The van der Waals surface area contributed by atoms with E-state index in [4.69, 9.17) is 5.73 Å². The van der Waals surface area contributed by atoms with Crippen molar-refractivity contribution in [1.29, 1.82) is 0 Å². The van der Waals surface area contributed by atoms with Crippen molar-refractivity contribution in [2.75, 3.05) is 24.5 Å². The van der Waals surface area contributed by atoms with Gasteiger partial charge in [0.25, 0.3) is 0 Å². The monoisotopic (exact) mass is 261 g/mol. The molecule has 1 aromatic rings. The highest BCUT2D eigenvalue weighted by molar-refractivity contribution is 5.47. The van der Waals surface area contributed by atoms with Gasteiger partial charge in [-0.15, -0.1) is 5.10 Å². The van der Waals surface area contributed by atoms with Crippen LogP contribution in [0.15, 0.2) is 12.3 Å². The van der Waals surface area contributed by atoms with E-state index in [1.165, 1.54) is 25.8 Å². The number of piperazine rings is 1. The molecule has 19 heavy (non-hydrogen) atoms. The molecule has 0 bridgehead atoms. The van der Waals surface area contributed by atoms with E-state index in [9.17, 15) is 0 Å². The first kappa shape index (κ1) is 12.8. The third-order valence-corrected chi connectivity index (χ3v) is 4.46. The number of nitrogens with two attached hydrogens (primary N) is 1. The van der Waals surface area contributed by atoms with E-state index in [1.807, 2.05) is 6.07 Å². The Morgan fingerprint density at radius 3 is 3.11 bits per heavy atom. The van der Waals surface area contributed by atoms with Crippen molar-refractivity contribution in [1.82, 2.24) is 15.1 Å². The van der Waals surface area contributed by atoms with Crippen LogP contribution in [0.25, 0.3) is 0 Å². The molecule has 104 valence electrons. The van der Waals surface area contributed by atoms with Crippen molar-refractivity contribution in [2.45, 2.75) is 44.8 Å². The minimum absolute atomic E-state index is 0.483. The number of hydrogen-bond acceptors (Lipinski definition) is 5. The first-order valence-corrected chi connectivity index (χ1v) is 7.31. The Morgan fingerprint density at radius 2 is 2.26 bits per heavy atom. The summed E-state index contributed by atoms with van der Waals surface area (Å²) in [4.78, 5) is 5.05. The highest BCUT2D eigenvalue weighted by atomic mass is 15.3. The fourth-order valence-corrected chi connectivity index (χ4v) is 3.40. The summed E-state index contributed by atoms with van der Waals surface area (Å²) < 4.78 is 0.